The molecule has 2 saturated heterocycles. The number of nitrogens with zero attached hydrogens (tertiary/aromatic N) is 3. The maximum atomic E-state index is 13.9. The largest absolute Gasteiger partial charge is 0.350 e. The van der Waals surface area contributed by atoms with Gasteiger partial charge in [-0.05, 0) is 55.5 Å². The zero-order valence-electron chi connectivity index (χ0n) is 22.2. The van der Waals surface area contributed by atoms with Crippen LogP contribution in [0.25, 0.3) is 16.6 Å². The van der Waals surface area contributed by atoms with Crippen molar-refractivity contribution in [2.24, 2.45) is 11.3 Å². The number of carbonyl (C=O) groups is 2. The monoisotopic (exact) mass is 508 g/mol. The van der Waals surface area contributed by atoms with E-state index < -0.39 is 0 Å². The first kappa shape index (κ1) is 23.7. The maximum absolute atomic E-state index is 13.9. The van der Waals surface area contributed by atoms with Crippen LogP contribution in [0.5, 0.6) is 0 Å². The van der Waals surface area contributed by atoms with Gasteiger partial charge in [-0.3, -0.25) is 14.5 Å². The van der Waals surface area contributed by atoms with Crippen molar-refractivity contribution in [1.82, 2.24) is 19.7 Å². The highest BCUT2D eigenvalue weighted by molar-refractivity contribution is 6.16. The minimum Gasteiger partial charge on any atom is -0.350 e. The zero-order valence-corrected chi connectivity index (χ0v) is 22.2. The van der Waals surface area contributed by atoms with Crippen LogP contribution in [-0.2, 0) is 22.6 Å². The third-order valence-electron chi connectivity index (χ3n) is 9.54. The predicted molar refractivity (Wildman–Crippen MR) is 149 cm³/mol. The van der Waals surface area contributed by atoms with Crippen molar-refractivity contribution in [2.45, 2.75) is 51.6 Å². The summed E-state index contributed by atoms with van der Waals surface area (Å²) in [5.74, 6) is 0.287. The number of likely N-dealkylation sites (tertiary alicyclic amines) is 1. The molecule has 4 aliphatic heterocycles. The topological polar surface area (TPSA) is 57.6 Å². The molecule has 0 bridgehead atoms. The predicted octanol–water partition coefficient (Wildman–Crippen LogP) is 4.75. The number of rotatable bonds is 6. The van der Waals surface area contributed by atoms with Crippen LogP contribution in [0.2, 0.25) is 0 Å². The Labute approximate surface area is 224 Å². The molecule has 0 saturated carbocycles. The second-order valence-electron chi connectivity index (χ2n) is 11.7. The number of aromatic nitrogens is 1. The Morgan fingerprint density at radius 2 is 1.89 bits per heavy atom. The van der Waals surface area contributed by atoms with Gasteiger partial charge in [0, 0.05) is 55.0 Å². The van der Waals surface area contributed by atoms with Crippen LogP contribution in [0, 0.1) is 11.3 Å². The molecule has 196 valence electrons. The van der Waals surface area contributed by atoms with Crippen LogP contribution in [0.15, 0.2) is 60.7 Å². The molecule has 0 spiro atoms. The first-order valence-electron chi connectivity index (χ1n) is 14.3. The zero-order chi connectivity index (χ0) is 25.9. The molecule has 3 aromatic rings. The minimum atomic E-state index is -0.0171. The molecular formula is C32H36N4O2. The molecule has 1 aromatic heterocycles. The van der Waals surface area contributed by atoms with Crippen molar-refractivity contribution in [3.05, 3.63) is 77.5 Å². The molecule has 2 amide bonds. The molecule has 4 aliphatic rings. The summed E-state index contributed by atoms with van der Waals surface area (Å²) in [6.07, 6.45) is 7.16. The average Bonchev–Trinajstić information content (AvgIpc) is 3.48. The van der Waals surface area contributed by atoms with E-state index in [-0.39, 0.29) is 23.1 Å². The Morgan fingerprint density at radius 3 is 2.74 bits per heavy atom. The number of hydrogen-bond acceptors (Lipinski definition) is 3. The number of nitrogens with one attached hydrogen (secondary N) is 1. The smallest absolute Gasteiger partial charge is 0.267 e. The van der Waals surface area contributed by atoms with Gasteiger partial charge in [-0.25, -0.2) is 0 Å². The van der Waals surface area contributed by atoms with Gasteiger partial charge in [-0.2, -0.15) is 0 Å². The molecule has 6 heteroatoms. The van der Waals surface area contributed by atoms with Gasteiger partial charge in [-0.15, -0.1) is 0 Å². The molecule has 0 aliphatic carbocycles. The molecule has 7 rings (SSSR count). The summed E-state index contributed by atoms with van der Waals surface area (Å²) in [5, 5.41) is 4.55. The van der Waals surface area contributed by atoms with Gasteiger partial charge in [0.1, 0.15) is 5.70 Å². The van der Waals surface area contributed by atoms with Crippen molar-refractivity contribution in [2.75, 3.05) is 26.2 Å². The van der Waals surface area contributed by atoms with Crippen LogP contribution in [-0.4, -0.2) is 52.4 Å². The number of piperidine rings is 1. The maximum Gasteiger partial charge on any atom is 0.267 e. The first-order valence-corrected chi connectivity index (χ1v) is 14.3. The van der Waals surface area contributed by atoms with Crippen molar-refractivity contribution in [3.63, 3.8) is 0 Å². The summed E-state index contributed by atoms with van der Waals surface area (Å²) < 4.78 is 2.28. The van der Waals surface area contributed by atoms with Crippen molar-refractivity contribution in [1.29, 1.82) is 0 Å². The lowest BCUT2D eigenvalue weighted by atomic mass is 9.66. The lowest BCUT2D eigenvalue weighted by Gasteiger charge is -2.53. The third-order valence-corrected chi connectivity index (χ3v) is 9.54. The lowest BCUT2D eigenvalue weighted by molar-refractivity contribution is -0.128. The second kappa shape index (κ2) is 9.12. The molecule has 2 aromatic carbocycles. The number of carbonyl (C=O) groups excluding carboxylic acids is 2. The number of hydrogen-bond donors (Lipinski definition) is 1. The molecule has 6 nitrogen and oxygen atoms in total. The summed E-state index contributed by atoms with van der Waals surface area (Å²) in [6, 6.07) is 19.1. The Kier molecular flexibility index (Phi) is 5.69. The molecule has 1 N–H and O–H groups in total. The third kappa shape index (κ3) is 3.64. The highest BCUT2D eigenvalue weighted by atomic mass is 16.2. The fourth-order valence-electron chi connectivity index (χ4n) is 7.72. The fraction of sp³-hybridized carbons (Fsp3) is 0.438. The van der Waals surface area contributed by atoms with Gasteiger partial charge in [0.15, 0.2) is 0 Å². The Bertz CT molecular complexity index is 1440. The van der Waals surface area contributed by atoms with E-state index in [1.54, 1.807) is 0 Å². The van der Waals surface area contributed by atoms with Gasteiger partial charge >= 0.3 is 0 Å². The van der Waals surface area contributed by atoms with E-state index in [4.69, 9.17) is 0 Å². The molecule has 5 heterocycles. The number of amides is 2. The molecule has 0 radical (unpaired) electrons. The second-order valence-corrected chi connectivity index (χ2v) is 11.7. The highest BCUT2D eigenvalue weighted by Crippen LogP contribution is 2.56. The van der Waals surface area contributed by atoms with Crippen molar-refractivity contribution >= 4 is 28.4 Å². The Morgan fingerprint density at radius 1 is 1.08 bits per heavy atom. The number of para-hydroxylation sites is 1. The highest BCUT2D eigenvalue weighted by Gasteiger charge is 2.51. The fourth-order valence-corrected chi connectivity index (χ4v) is 7.72. The van der Waals surface area contributed by atoms with Gasteiger partial charge in [0.05, 0.1) is 11.6 Å². The van der Waals surface area contributed by atoms with Crippen LogP contribution in [0.1, 0.15) is 55.5 Å². The van der Waals surface area contributed by atoms with Crippen LogP contribution in [0.4, 0.5) is 0 Å². The molecule has 3 atom stereocenters. The minimum absolute atomic E-state index is 0.0136. The van der Waals surface area contributed by atoms with Gasteiger partial charge in [0.2, 0.25) is 5.91 Å². The standard InChI is InChI=1S/C32H36N4O2/c1-2-32-14-8-15-34-16-13-25-24-11-6-7-12-26(24)36(29(25)30(32)34)27(18-32)31(38)33-19-23-17-28(37)35(21-23)20-22-9-4-3-5-10-22/h3-7,9-12,18,23,30H,2,8,13-17,19-21H2,1H3,(H,33,38)/t23?,30?,32-/m0/s1. The van der Waals surface area contributed by atoms with E-state index in [0.717, 1.165) is 49.1 Å². The Hall–Kier alpha value is -3.38. The summed E-state index contributed by atoms with van der Waals surface area (Å²) in [6.45, 7) is 6.35. The van der Waals surface area contributed by atoms with Gasteiger partial charge in [-0.1, -0.05) is 55.5 Å². The van der Waals surface area contributed by atoms with E-state index in [2.05, 4.69) is 64.2 Å². The number of fused-ring (bicyclic) bond motifs is 3. The van der Waals surface area contributed by atoms with Gasteiger partial charge < -0.3 is 14.8 Å². The van der Waals surface area contributed by atoms with E-state index >= 15 is 0 Å². The van der Waals surface area contributed by atoms with Crippen LogP contribution < -0.4 is 5.32 Å². The quantitative estimate of drug-likeness (QED) is 0.523. The average molecular weight is 509 g/mol. The first-order chi connectivity index (χ1) is 18.6. The van der Waals surface area contributed by atoms with E-state index in [1.807, 2.05) is 23.1 Å². The van der Waals surface area contributed by atoms with Crippen LogP contribution >= 0.6 is 0 Å². The normalized spacial score (nSPS) is 26.4. The molecule has 2 unspecified atom stereocenters. The lowest BCUT2D eigenvalue weighted by Crippen LogP contribution is -2.51. The van der Waals surface area contributed by atoms with E-state index in [0.29, 0.717) is 32.1 Å². The molecular weight excluding hydrogens is 472 g/mol. The van der Waals surface area contributed by atoms with Crippen LogP contribution in [0.3, 0.4) is 0 Å². The summed E-state index contributed by atoms with van der Waals surface area (Å²) in [4.78, 5) is 31.3. The van der Waals surface area contributed by atoms with E-state index in [9.17, 15) is 9.59 Å². The number of benzene rings is 2. The Balaban J connectivity index is 1.17. The van der Waals surface area contributed by atoms with Crippen molar-refractivity contribution < 1.29 is 9.59 Å². The van der Waals surface area contributed by atoms with Crippen molar-refractivity contribution in [3.8, 4) is 0 Å². The summed E-state index contributed by atoms with van der Waals surface area (Å²) >= 11 is 0. The summed E-state index contributed by atoms with van der Waals surface area (Å²) in [5.41, 5.74) is 5.81. The molecule has 2 fully saturated rings. The molecule has 38 heavy (non-hydrogen) atoms. The van der Waals surface area contributed by atoms with Gasteiger partial charge in [0.25, 0.3) is 5.91 Å². The van der Waals surface area contributed by atoms with E-state index in [1.165, 1.54) is 23.1 Å². The SMILES string of the molecule is CC[C@@]12C=C(C(=O)NCC3CC(=O)N(Cc4ccccc4)C3)n3c4c(c5ccccc53)CCN(CCC1)C42. The summed E-state index contributed by atoms with van der Waals surface area (Å²) in [7, 11) is 0.